The van der Waals surface area contributed by atoms with E-state index in [-0.39, 0.29) is 6.04 Å². The molecular weight excluding hydrogens is 400 g/mol. The second-order valence-electron chi connectivity index (χ2n) is 7.41. The Balaban J connectivity index is 1.45. The molecule has 2 aromatic rings. The first-order valence-corrected chi connectivity index (χ1v) is 10.9. The van der Waals surface area contributed by atoms with E-state index in [1.54, 1.807) is 37.1 Å². The van der Waals surface area contributed by atoms with Crippen molar-refractivity contribution in [2.24, 2.45) is 10.7 Å². The number of methoxy groups -OCH3 is 1. The summed E-state index contributed by atoms with van der Waals surface area (Å²) in [6, 6.07) is 9.30. The number of carbonyl (C=O) groups is 1. The van der Waals surface area contributed by atoms with Crippen LogP contribution in [0.2, 0.25) is 0 Å². The molecule has 3 N–H and O–H groups in total. The SMILES string of the molecule is COc1ccc(C(N)=O)cc1NC1=NC(c2ccc(N3CCN(C)CC3)nc2)CS1. The number of hydrogen-bond acceptors (Lipinski definition) is 8. The summed E-state index contributed by atoms with van der Waals surface area (Å²) in [4.78, 5) is 25.6. The lowest BCUT2D eigenvalue weighted by atomic mass is 10.1. The van der Waals surface area contributed by atoms with Gasteiger partial charge in [-0.1, -0.05) is 17.8 Å². The van der Waals surface area contributed by atoms with Crippen molar-refractivity contribution < 1.29 is 9.53 Å². The van der Waals surface area contributed by atoms with E-state index in [9.17, 15) is 4.79 Å². The highest BCUT2D eigenvalue weighted by Gasteiger charge is 2.22. The van der Waals surface area contributed by atoms with Gasteiger partial charge in [0.2, 0.25) is 5.91 Å². The van der Waals surface area contributed by atoms with Crippen molar-refractivity contribution in [1.29, 1.82) is 0 Å². The second-order valence-corrected chi connectivity index (χ2v) is 8.41. The number of amides is 1. The monoisotopic (exact) mass is 426 g/mol. The van der Waals surface area contributed by atoms with Gasteiger partial charge in [0.05, 0.1) is 18.8 Å². The van der Waals surface area contributed by atoms with Crippen molar-refractivity contribution >= 4 is 34.3 Å². The van der Waals surface area contributed by atoms with Crippen molar-refractivity contribution in [2.45, 2.75) is 6.04 Å². The summed E-state index contributed by atoms with van der Waals surface area (Å²) in [5.74, 6) is 2.00. The highest BCUT2D eigenvalue weighted by molar-refractivity contribution is 8.14. The predicted molar refractivity (Wildman–Crippen MR) is 122 cm³/mol. The fourth-order valence-electron chi connectivity index (χ4n) is 3.50. The highest BCUT2D eigenvalue weighted by atomic mass is 32.2. The molecule has 0 aliphatic carbocycles. The van der Waals surface area contributed by atoms with Crippen molar-refractivity contribution in [1.82, 2.24) is 9.88 Å². The van der Waals surface area contributed by atoms with Crippen LogP contribution in [0.25, 0.3) is 0 Å². The largest absolute Gasteiger partial charge is 0.495 e. The van der Waals surface area contributed by atoms with Crippen LogP contribution in [0, 0.1) is 0 Å². The normalized spacial score (nSPS) is 19.5. The molecule has 158 valence electrons. The van der Waals surface area contributed by atoms with Crippen LogP contribution >= 0.6 is 11.8 Å². The van der Waals surface area contributed by atoms with Crippen LogP contribution in [0.4, 0.5) is 11.5 Å². The van der Waals surface area contributed by atoms with Gasteiger partial charge in [0.25, 0.3) is 0 Å². The first kappa shape index (κ1) is 20.5. The lowest BCUT2D eigenvalue weighted by molar-refractivity contribution is 0.100. The number of rotatable bonds is 5. The van der Waals surface area contributed by atoms with E-state index in [2.05, 4.69) is 39.3 Å². The van der Waals surface area contributed by atoms with E-state index in [0.29, 0.717) is 17.0 Å². The number of carbonyl (C=O) groups excluding carboxylic acids is 1. The van der Waals surface area contributed by atoms with Crippen LogP contribution in [0.15, 0.2) is 41.5 Å². The number of benzene rings is 1. The average Bonchev–Trinajstić information content (AvgIpc) is 3.23. The number of piperazine rings is 1. The zero-order valence-electron chi connectivity index (χ0n) is 17.2. The Morgan fingerprint density at radius 2 is 2.03 bits per heavy atom. The fourth-order valence-corrected chi connectivity index (χ4v) is 4.47. The van der Waals surface area contributed by atoms with Crippen LogP contribution in [-0.2, 0) is 0 Å². The molecule has 4 rings (SSSR count). The molecule has 1 amide bonds. The van der Waals surface area contributed by atoms with E-state index in [1.807, 2.05) is 6.20 Å². The number of likely N-dealkylation sites (N-methyl/N-ethyl adjacent to an activating group) is 1. The third-order valence-electron chi connectivity index (χ3n) is 5.36. The van der Waals surface area contributed by atoms with Gasteiger partial charge < -0.3 is 25.6 Å². The van der Waals surface area contributed by atoms with Gasteiger partial charge in [0.1, 0.15) is 11.6 Å². The molecule has 30 heavy (non-hydrogen) atoms. The van der Waals surface area contributed by atoms with Gasteiger partial charge in [-0.05, 0) is 36.9 Å². The minimum Gasteiger partial charge on any atom is -0.495 e. The molecule has 0 bridgehead atoms. The number of primary amides is 1. The van der Waals surface area contributed by atoms with Gasteiger partial charge in [-0.15, -0.1) is 0 Å². The molecule has 1 aromatic carbocycles. The standard InChI is InChI=1S/C21H26N6O2S/c1-26-7-9-27(10-8-26)19-6-4-15(12-23-19)17-13-30-21(25-17)24-16-11-14(20(22)28)3-5-18(16)29-2/h3-6,11-12,17H,7-10,13H2,1-2H3,(H2,22,28)(H,24,25). The number of nitrogens with zero attached hydrogens (tertiary/aromatic N) is 4. The maximum absolute atomic E-state index is 11.5. The van der Waals surface area contributed by atoms with Crippen LogP contribution in [0.5, 0.6) is 5.75 Å². The van der Waals surface area contributed by atoms with Crippen LogP contribution in [0.1, 0.15) is 22.0 Å². The third kappa shape index (κ3) is 4.52. The number of anilines is 2. The van der Waals surface area contributed by atoms with Crippen LogP contribution < -0.4 is 20.7 Å². The number of ether oxygens (including phenoxy) is 1. The highest BCUT2D eigenvalue weighted by Crippen LogP contribution is 2.33. The summed E-state index contributed by atoms with van der Waals surface area (Å²) in [6.07, 6.45) is 1.93. The number of aromatic nitrogens is 1. The number of thioether (sulfide) groups is 1. The molecule has 3 heterocycles. The van der Waals surface area contributed by atoms with E-state index >= 15 is 0 Å². The first-order chi connectivity index (χ1) is 14.5. The topological polar surface area (TPSA) is 96.1 Å². The minimum atomic E-state index is -0.480. The van der Waals surface area contributed by atoms with Crippen molar-refractivity contribution in [3.8, 4) is 5.75 Å². The number of nitrogens with one attached hydrogen (secondary N) is 1. The summed E-state index contributed by atoms with van der Waals surface area (Å²) in [5, 5.41) is 4.05. The molecule has 1 unspecified atom stereocenters. The predicted octanol–water partition coefficient (Wildman–Crippen LogP) is 2.20. The summed E-state index contributed by atoms with van der Waals surface area (Å²) < 4.78 is 5.38. The van der Waals surface area contributed by atoms with Gasteiger partial charge in [0, 0.05) is 43.7 Å². The Hall–Kier alpha value is -2.78. The molecule has 1 aromatic heterocycles. The Morgan fingerprint density at radius 1 is 1.23 bits per heavy atom. The minimum absolute atomic E-state index is 0.0388. The van der Waals surface area contributed by atoms with Gasteiger partial charge in [-0.25, -0.2) is 4.98 Å². The molecule has 0 spiro atoms. The van der Waals surface area contributed by atoms with E-state index in [0.717, 1.165) is 48.5 Å². The Labute approximate surface area is 180 Å². The molecule has 2 aliphatic rings. The lowest BCUT2D eigenvalue weighted by Crippen LogP contribution is -2.44. The zero-order valence-corrected chi connectivity index (χ0v) is 18.0. The van der Waals surface area contributed by atoms with Crippen LogP contribution in [0.3, 0.4) is 0 Å². The Morgan fingerprint density at radius 3 is 2.70 bits per heavy atom. The maximum atomic E-state index is 11.5. The molecular formula is C21H26N6O2S. The summed E-state index contributed by atoms with van der Waals surface area (Å²) in [5.41, 5.74) is 7.58. The quantitative estimate of drug-likeness (QED) is 0.757. The number of aliphatic imine (C=N–C) groups is 1. The van der Waals surface area contributed by atoms with Gasteiger partial charge >= 0.3 is 0 Å². The van der Waals surface area contributed by atoms with E-state index in [1.165, 1.54) is 0 Å². The number of pyridine rings is 1. The molecule has 0 saturated carbocycles. The Bertz CT molecular complexity index is 941. The van der Waals surface area contributed by atoms with Crippen molar-refractivity contribution in [3.63, 3.8) is 0 Å². The number of nitrogens with two attached hydrogens (primary N) is 1. The van der Waals surface area contributed by atoms with Gasteiger partial charge in [-0.2, -0.15) is 0 Å². The zero-order chi connectivity index (χ0) is 21.1. The molecule has 0 radical (unpaired) electrons. The molecule has 2 aliphatic heterocycles. The second kappa shape index (κ2) is 8.93. The van der Waals surface area contributed by atoms with Gasteiger partial charge in [-0.3, -0.25) is 9.79 Å². The maximum Gasteiger partial charge on any atom is 0.248 e. The molecule has 9 heteroatoms. The molecule has 1 fully saturated rings. The number of hydrogen-bond donors (Lipinski definition) is 2. The summed E-state index contributed by atoms with van der Waals surface area (Å²) in [6.45, 7) is 4.12. The Kier molecular flexibility index (Phi) is 6.10. The van der Waals surface area contributed by atoms with Crippen molar-refractivity contribution in [3.05, 3.63) is 47.7 Å². The average molecular weight is 427 g/mol. The van der Waals surface area contributed by atoms with Crippen LogP contribution in [-0.4, -0.2) is 67.0 Å². The molecule has 1 saturated heterocycles. The smallest absolute Gasteiger partial charge is 0.248 e. The van der Waals surface area contributed by atoms with E-state index < -0.39 is 5.91 Å². The van der Waals surface area contributed by atoms with Gasteiger partial charge in [0.15, 0.2) is 5.17 Å². The lowest BCUT2D eigenvalue weighted by Gasteiger charge is -2.33. The first-order valence-electron chi connectivity index (χ1n) is 9.88. The van der Waals surface area contributed by atoms with Crippen molar-refractivity contribution in [2.75, 3.05) is 56.3 Å². The fraction of sp³-hybridized carbons (Fsp3) is 0.381. The summed E-state index contributed by atoms with van der Waals surface area (Å²) >= 11 is 1.63. The summed E-state index contributed by atoms with van der Waals surface area (Å²) in [7, 11) is 3.74. The number of amidine groups is 1. The third-order valence-corrected chi connectivity index (χ3v) is 6.32. The van der Waals surface area contributed by atoms with E-state index in [4.69, 9.17) is 15.5 Å². The molecule has 1 atom stereocenters. The molecule has 8 nitrogen and oxygen atoms in total.